The molecular formula is C25H55NO2Si. The van der Waals surface area contributed by atoms with E-state index >= 15 is 0 Å². The molecule has 176 valence electrons. The van der Waals surface area contributed by atoms with Gasteiger partial charge in [-0.1, -0.05) is 110 Å². The smallest absolute Gasteiger partial charge is 0.320 e. The Hall–Kier alpha value is 0.0969. The summed E-state index contributed by atoms with van der Waals surface area (Å²) in [7, 11) is 2.17. The molecule has 0 radical (unpaired) electrons. The molecule has 2 N–H and O–H groups in total. The zero-order valence-corrected chi connectivity index (χ0v) is 21.9. The highest BCUT2D eigenvalue weighted by Crippen LogP contribution is 2.26. The number of rotatable bonds is 22. The minimum atomic E-state index is -1.40. The Labute approximate surface area is 185 Å². The molecule has 0 bridgehead atoms. The van der Waals surface area contributed by atoms with Crippen molar-refractivity contribution in [3.63, 3.8) is 0 Å². The lowest BCUT2D eigenvalue weighted by Crippen LogP contribution is -2.34. The summed E-state index contributed by atoms with van der Waals surface area (Å²) >= 11 is 0. The third kappa shape index (κ3) is 21.1. The fourth-order valence-corrected chi connectivity index (χ4v) is 5.68. The van der Waals surface area contributed by atoms with Gasteiger partial charge in [0, 0.05) is 19.8 Å². The molecule has 0 amide bonds. The molecule has 0 aromatic carbocycles. The van der Waals surface area contributed by atoms with Crippen LogP contribution in [0.3, 0.4) is 0 Å². The molecule has 1 atom stereocenters. The molecule has 0 fully saturated rings. The second kappa shape index (κ2) is 20.0. The van der Waals surface area contributed by atoms with E-state index < -0.39 is 9.28 Å². The average molecular weight is 430 g/mol. The van der Waals surface area contributed by atoms with Crippen LogP contribution in [0.15, 0.2) is 0 Å². The van der Waals surface area contributed by atoms with Gasteiger partial charge in [-0.2, -0.15) is 0 Å². The molecule has 0 spiro atoms. The van der Waals surface area contributed by atoms with E-state index in [2.05, 4.69) is 20.8 Å². The van der Waals surface area contributed by atoms with Gasteiger partial charge in [0.05, 0.1) is 0 Å². The van der Waals surface area contributed by atoms with Gasteiger partial charge in [0.1, 0.15) is 0 Å². The quantitative estimate of drug-likeness (QED) is 0.143. The van der Waals surface area contributed by atoms with Crippen molar-refractivity contribution in [3.8, 4) is 0 Å². The van der Waals surface area contributed by atoms with E-state index in [0.717, 1.165) is 18.4 Å². The predicted molar refractivity (Wildman–Crippen MR) is 132 cm³/mol. The first-order valence-electron chi connectivity index (χ1n) is 12.8. The van der Waals surface area contributed by atoms with Gasteiger partial charge in [-0.05, 0) is 32.2 Å². The molecular weight excluding hydrogens is 374 g/mol. The number of nitrogens with two attached hydrogens (primary N) is 1. The molecule has 0 aromatic heterocycles. The molecule has 4 heteroatoms. The Morgan fingerprint density at radius 3 is 1.52 bits per heavy atom. The van der Waals surface area contributed by atoms with Crippen LogP contribution < -0.4 is 5.73 Å². The normalized spacial score (nSPS) is 13.3. The highest BCUT2D eigenvalue weighted by Gasteiger charge is 2.19. The zero-order chi connectivity index (χ0) is 21.8. The Morgan fingerprint density at radius 1 is 0.690 bits per heavy atom. The molecule has 1 unspecified atom stereocenters. The van der Waals surface area contributed by atoms with Crippen LogP contribution in [0.4, 0.5) is 0 Å². The summed E-state index contributed by atoms with van der Waals surface area (Å²) in [6.45, 7) is 6.64. The summed E-state index contributed by atoms with van der Waals surface area (Å²) in [6.07, 6.45) is 23.5. The standard InChI is InChI=1S/C25H55NO2Si/c1-6-7-8-9-10-11-12-13-14-15-16-17-18-20-24(23-25(2,3)26)21-19-22-29(27-4)28-5/h24,29H,6-23,26H2,1-5H3. The van der Waals surface area contributed by atoms with Gasteiger partial charge in [0.15, 0.2) is 0 Å². The fraction of sp³-hybridized carbons (Fsp3) is 1.00. The third-order valence-corrected chi connectivity index (χ3v) is 8.04. The van der Waals surface area contributed by atoms with Crippen molar-refractivity contribution in [2.75, 3.05) is 14.2 Å². The van der Waals surface area contributed by atoms with Crippen molar-refractivity contribution >= 4 is 9.28 Å². The van der Waals surface area contributed by atoms with Gasteiger partial charge in [-0.15, -0.1) is 0 Å². The Morgan fingerprint density at radius 2 is 1.10 bits per heavy atom. The van der Waals surface area contributed by atoms with Gasteiger partial charge in [-0.25, -0.2) is 0 Å². The summed E-state index contributed by atoms with van der Waals surface area (Å²) in [6, 6.07) is 1.12. The summed E-state index contributed by atoms with van der Waals surface area (Å²) in [5.41, 5.74) is 6.27. The highest BCUT2D eigenvalue weighted by molar-refractivity contribution is 6.44. The summed E-state index contributed by atoms with van der Waals surface area (Å²) in [4.78, 5) is 0. The second-order valence-electron chi connectivity index (χ2n) is 9.92. The molecule has 0 rings (SSSR count). The predicted octanol–water partition coefficient (Wildman–Crippen LogP) is 7.50. The minimum Gasteiger partial charge on any atom is -0.400 e. The maximum Gasteiger partial charge on any atom is 0.320 e. The lowest BCUT2D eigenvalue weighted by Gasteiger charge is -2.26. The minimum absolute atomic E-state index is 0.0550. The van der Waals surface area contributed by atoms with E-state index in [1.165, 1.54) is 103 Å². The molecule has 0 aliphatic rings. The summed E-state index contributed by atoms with van der Waals surface area (Å²) in [5.74, 6) is 0.756. The van der Waals surface area contributed by atoms with E-state index in [0.29, 0.717) is 0 Å². The van der Waals surface area contributed by atoms with Crippen molar-refractivity contribution in [1.29, 1.82) is 0 Å². The largest absolute Gasteiger partial charge is 0.400 e. The fourth-order valence-electron chi connectivity index (χ4n) is 4.45. The third-order valence-electron chi connectivity index (χ3n) is 6.11. The van der Waals surface area contributed by atoms with E-state index in [1.807, 2.05) is 0 Å². The van der Waals surface area contributed by atoms with E-state index in [-0.39, 0.29) is 5.54 Å². The number of hydrogen-bond acceptors (Lipinski definition) is 3. The van der Waals surface area contributed by atoms with E-state index in [4.69, 9.17) is 14.6 Å². The monoisotopic (exact) mass is 429 g/mol. The van der Waals surface area contributed by atoms with Gasteiger partial charge < -0.3 is 14.6 Å². The van der Waals surface area contributed by atoms with Crippen molar-refractivity contribution in [1.82, 2.24) is 0 Å². The second-order valence-corrected chi connectivity index (χ2v) is 12.3. The van der Waals surface area contributed by atoms with E-state index in [9.17, 15) is 0 Å². The van der Waals surface area contributed by atoms with Crippen LogP contribution in [0.1, 0.15) is 130 Å². The lowest BCUT2D eigenvalue weighted by atomic mass is 9.85. The Kier molecular flexibility index (Phi) is 20.1. The van der Waals surface area contributed by atoms with E-state index in [1.54, 1.807) is 14.2 Å². The SMILES string of the molecule is CCCCCCCCCCCCCCCC(CCC[SiH](OC)OC)CC(C)(C)N. The van der Waals surface area contributed by atoms with Gasteiger partial charge in [0.25, 0.3) is 0 Å². The first-order chi connectivity index (χ1) is 13.9. The summed E-state index contributed by atoms with van der Waals surface area (Å²) in [5, 5.41) is 0. The number of unbranched alkanes of at least 4 members (excludes halogenated alkanes) is 12. The molecule has 0 saturated heterocycles. The van der Waals surface area contributed by atoms with Crippen LogP contribution in [0, 0.1) is 5.92 Å². The molecule has 3 nitrogen and oxygen atoms in total. The Bertz CT molecular complexity index is 329. The maximum atomic E-state index is 6.32. The van der Waals surface area contributed by atoms with Crippen molar-refractivity contribution < 1.29 is 8.85 Å². The van der Waals surface area contributed by atoms with Crippen LogP contribution in [0.2, 0.25) is 6.04 Å². The van der Waals surface area contributed by atoms with Crippen molar-refractivity contribution in [2.45, 2.75) is 142 Å². The van der Waals surface area contributed by atoms with Crippen molar-refractivity contribution in [3.05, 3.63) is 0 Å². The van der Waals surface area contributed by atoms with Crippen LogP contribution in [0.5, 0.6) is 0 Å². The Balaban J connectivity index is 3.71. The van der Waals surface area contributed by atoms with Gasteiger partial charge in [0.2, 0.25) is 0 Å². The molecule has 0 aromatic rings. The van der Waals surface area contributed by atoms with Crippen molar-refractivity contribution in [2.24, 2.45) is 11.7 Å². The molecule has 0 saturated carbocycles. The lowest BCUT2D eigenvalue weighted by molar-refractivity contribution is 0.271. The van der Waals surface area contributed by atoms with Gasteiger partial charge in [-0.3, -0.25) is 0 Å². The van der Waals surface area contributed by atoms with Crippen LogP contribution in [-0.4, -0.2) is 29.0 Å². The van der Waals surface area contributed by atoms with Crippen LogP contribution in [-0.2, 0) is 8.85 Å². The molecule has 0 heterocycles. The van der Waals surface area contributed by atoms with Crippen LogP contribution >= 0.6 is 0 Å². The van der Waals surface area contributed by atoms with Crippen LogP contribution in [0.25, 0.3) is 0 Å². The first kappa shape index (κ1) is 29.1. The van der Waals surface area contributed by atoms with Gasteiger partial charge >= 0.3 is 9.28 Å². The molecule has 0 aliphatic carbocycles. The summed E-state index contributed by atoms with van der Waals surface area (Å²) < 4.78 is 10.9. The first-order valence-corrected chi connectivity index (χ1v) is 14.5. The molecule has 29 heavy (non-hydrogen) atoms. The number of hydrogen-bond donors (Lipinski definition) is 1. The topological polar surface area (TPSA) is 44.5 Å². The highest BCUT2D eigenvalue weighted by atomic mass is 28.3. The zero-order valence-electron chi connectivity index (χ0n) is 20.8. The average Bonchev–Trinajstić information content (AvgIpc) is 2.67. The molecule has 0 aliphatic heterocycles. The maximum absolute atomic E-state index is 6.32.